The Balaban J connectivity index is 1.60. The van der Waals surface area contributed by atoms with Gasteiger partial charge in [-0.15, -0.1) is 0 Å². The predicted molar refractivity (Wildman–Crippen MR) is 88.4 cm³/mol. The topological polar surface area (TPSA) is 21.3 Å². The molecule has 2 heteroatoms. The summed E-state index contributed by atoms with van der Waals surface area (Å²) in [7, 11) is 0. The monoisotopic (exact) mass is 293 g/mol. The van der Waals surface area contributed by atoms with E-state index in [0.717, 1.165) is 30.5 Å². The maximum absolute atomic E-state index is 6.09. The SMILES string of the molecule is CCOC1CC(NC2CCC(C)C(C)C2)C12CCCCC2. The number of hydrogen-bond acceptors (Lipinski definition) is 2. The zero-order valence-corrected chi connectivity index (χ0v) is 14.4. The van der Waals surface area contributed by atoms with Gasteiger partial charge in [0.1, 0.15) is 0 Å². The molecule has 21 heavy (non-hydrogen) atoms. The molecule has 3 rings (SSSR count). The number of ether oxygens (including phenoxy) is 1. The van der Waals surface area contributed by atoms with Crippen LogP contribution in [0.2, 0.25) is 0 Å². The maximum Gasteiger partial charge on any atom is 0.0661 e. The lowest BCUT2D eigenvalue weighted by molar-refractivity contribution is -0.153. The van der Waals surface area contributed by atoms with Gasteiger partial charge in [0, 0.05) is 24.1 Å². The molecule has 3 aliphatic carbocycles. The van der Waals surface area contributed by atoms with E-state index in [1.54, 1.807) is 0 Å². The van der Waals surface area contributed by atoms with Crippen molar-refractivity contribution in [1.82, 2.24) is 5.32 Å². The van der Waals surface area contributed by atoms with Crippen LogP contribution >= 0.6 is 0 Å². The second kappa shape index (κ2) is 6.58. The molecule has 3 fully saturated rings. The van der Waals surface area contributed by atoms with Gasteiger partial charge in [0.05, 0.1) is 6.10 Å². The van der Waals surface area contributed by atoms with Crippen molar-refractivity contribution in [1.29, 1.82) is 0 Å². The first-order valence-electron chi connectivity index (χ1n) is 9.53. The first kappa shape index (κ1) is 15.8. The molecule has 0 bridgehead atoms. The Morgan fingerprint density at radius 1 is 1.00 bits per heavy atom. The standard InChI is InChI=1S/C19H35NO/c1-4-21-18-13-17(19(18)10-6-5-7-11-19)20-16-9-8-14(2)15(3)12-16/h14-18,20H,4-13H2,1-3H3. The number of rotatable bonds is 4. The summed E-state index contributed by atoms with van der Waals surface area (Å²) in [6, 6.07) is 1.50. The van der Waals surface area contributed by atoms with Crippen LogP contribution in [0.5, 0.6) is 0 Å². The third kappa shape index (κ3) is 3.03. The summed E-state index contributed by atoms with van der Waals surface area (Å²) in [5.74, 6) is 1.81. The maximum atomic E-state index is 6.09. The summed E-state index contributed by atoms with van der Waals surface area (Å²) >= 11 is 0. The normalized spacial score (nSPS) is 42.7. The highest BCUT2D eigenvalue weighted by molar-refractivity contribution is 5.09. The quantitative estimate of drug-likeness (QED) is 0.822. The van der Waals surface area contributed by atoms with Gasteiger partial charge in [0.15, 0.2) is 0 Å². The fourth-order valence-corrected chi connectivity index (χ4v) is 5.28. The number of hydrogen-bond donors (Lipinski definition) is 1. The van der Waals surface area contributed by atoms with Gasteiger partial charge in [-0.05, 0) is 57.3 Å². The van der Waals surface area contributed by atoms with Crippen molar-refractivity contribution in [3.05, 3.63) is 0 Å². The van der Waals surface area contributed by atoms with Gasteiger partial charge in [-0.25, -0.2) is 0 Å². The Kier molecular flexibility index (Phi) is 4.95. The lowest BCUT2D eigenvalue weighted by atomic mass is 9.55. The van der Waals surface area contributed by atoms with Crippen molar-refractivity contribution in [2.45, 2.75) is 96.7 Å². The largest absolute Gasteiger partial charge is 0.378 e. The molecule has 3 aliphatic rings. The van der Waals surface area contributed by atoms with E-state index in [1.807, 2.05) is 0 Å². The molecular weight excluding hydrogens is 258 g/mol. The Labute approximate surface area is 131 Å². The molecule has 0 radical (unpaired) electrons. The van der Waals surface area contributed by atoms with Gasteiger partial charge in [-0.1, -0.05) is 33.1 Å². The summed E-state index contributed by atoms with van der Waals surface area (Å²) in [4.78, 5) is 0. The van der Waals surface area contributed by atoms with E-state index in [1.165, 1.54) is 57.8 Å². The van der Waals surface area contributed by atoms with E-state index in [2.05, 4.69) is 26.1 Å². The van der Waals surface area contributed by atoms with E-state index in [-0.39, 0.29) is 0 Å². The first-order chi connectivity index (χ1) is 10.2. The van der Waals surface area contributed by atoms with Crippen LogP contribution in [0, 0.1) is 17.3 Å². The molecule has 5 unspecified atom stereocenters. The minimum absolute atomic E-state index is 0.487. The Morgan fingerprint density at radius 2 is 1.76 bits per heavy atom. The van der Waals surface area contributed by atoms with Crippen molar-refractivity contribution in [2.24, 2.45) is 17.3 Å². The van der Waals surface area contributed by atoms with Crippen LogP contribution in [0.1, 0.15) is 78.6 Å². The highest BCUT2D eigenvalue weighted by atomic mass is 16.5. The molecule has 3 saturated carbocycles. The van der Waals surface area contributed by atoms with Crippen LogP contribution in [-0.4, -0.2) is 24.8 Å². The van der Waals surface area contributed by atoms with Crippen molar-refractivity contribution in [3.63, 3.8) is 0 Å². The molecule has 5 atom stereocenters. The van der Waals surface area contributed by atoms with Crippen LogP contribution < -0.4 is 5.32 Å². The van der Waals surface area contributed by atoms with E-state index in [0.29, 0.717) is 11.5 Å². The summed E-state index contributed by atoms with van der Waals surface area (Å²) in [5, 5.41) is 4.08. The minimum atomic E-state index is 0.487. The van der Waals surface area contributed by atoms with E-state index < -0.39 is 0 Å². The third-order valence-electron chi connectivity index (χ3n) is 6.97. The second-order valence-electron chi connectivity index (χ2n) is 8.16. The molecule has 122 valence electrons. The Hall–Kier alpha value is -0.0800. The Bertz CT molecular complexity index is 336. The molecule has 0 aromatic carbocycles. The molecule has 0 aromatic heterocycles. The van der Waals surface area contributed by atoms with Gasteiger partial charge in [0.25, 0.3) is 0 Å². The first-order valence-corrected chi connectivity index (χ1v) is 9.53. The molecule has 0 saturated heterocycles. The van der Waals surface area contributed by atoms with Crippen molar-refractivity contribution >= 4 is 0 Å². The van der Waals surface area contributed by atoms with Gasteiger partial charge in [-0.3, -0.25) is 0 Å². The summed E-state index contributed by atoms with van der Waals surface area (Å²) in [6.07, 6.45) is 13.0. The van der Waals surface area contributed by atoms with Crippen LogP contribution in [0.4, 0.5) is 0 Å². The van der Waals surface area contributed by atoms with Gasteiger partial charge in [0.2, 0.25) is 0 Å². The van der Waals surface area contributed by atoms with E-state index in [9.17, 15) is 0 Å². The molecule has 1 spiro atoms. The van der Waals surface area contributed by atoms with Crippen LogP contribution in [0.3, 0.4) is 0 Å². The molecule has 0 heterocycles. The van der Waals surface area contributed by atoms with E-state index in [4.69, 9.17) is 4.74 Å². The van der Waals surface area contributed by atoms with Crippen LogP contribution in [0.25, 0.3) is 0 Å². The summed E-state index contributed by atoms with van der Waals surface area (Å²) in [5.41, 5.74) is 0.487. The summed E-state index contributed by atoms with van der Waals surface area (Å²) < 4.78 is 6.09. The smallest absolute Gasteiger partial charge is 0.0661 e. The predicted octanol–water partition coefficient (Wildman–Crippen LogP) is 4.53. The van der Waals surface area contributed by atoms with Gasteiger partial charge < -0.3 is 10.1 Å². The fraction of sp³-hybridized carbons (Fsp3) is 1.00. The van der Waals surface area contributed by atoms with E-state index >= 15 is 0 Å². The number of nitrogens with one attached hydrogen (secondary N) is 1. The zero-order chi connectivity index (χ0) is 14.9. The summed E-state index contributed by atoms with van der Waals surface area (Å²) in [6.45, 7) is 7.91. The molecule has 0 aliphatic heterocycles. The highest BCUT2D eigenvalue weighted by Gasteiger charge is 2.55. The molecule has 0 aromatic rings. The highest BCUT2D eigenvalue weighted by Crippen LogP contribution is 2.53. The minimum Gasteiger partial charge on any atom is -0.378 e. The lowest BCUT2D eigenvalue weighted by Crippen LogP contribution is -2.66. The fourth-order valence-electron chi connectivity index (χ4n) is 5.28. The third-order valence-corrected chi connectivity index (χ3v) is 6.97. The molecule has 1 N–H and O–H groups in total. The van der Waals surface area contributed by atoms with Crippen LogP contribution in [0.15, 0.2) is 0 Å². The lowest BCUT2D eigenvalue weighted by Gasteiger charge is -2.59. The Morgan fingerprint density at radius 3 is 2.43 bits per heavy atom. The average Bonchev–Trinajstić information content (AvgIpc) is 2.50. The molecule has 2 nitrogen and oxygen atoms in total. The zero-order valence-electron chi connectivity index (χ0n) is 14.4. The van der Waals surface area contributed by atoms with Crippen molar-refractivity contribution < 1.29 is 4.74 Å². The van der Waals surface area contributed by atoms with Crippen molar-refractivity contribution in [2.75, 3.05) is 6.61 Å². The average molecular weight is 293 g/mol. The molecular formula is C19H35NO. The van der Waals surface area contributed by atoms with Crippen molar-refractivity contribution in [3.8, 4) is 0 Å². The van der Waals surface area contributed by atoms with Crippen LogP contribution in [-0.2, 0) is 4.74 Å². The van der Waals surface area contributed by atoms with Gasteiger partial charge >= 0.3 is 0 Å². The van der Waals surface area contributed by atoms with Gasteiger partial charge in [-0.2, -0.15) is 0 Å². The second-order valence-corrected chi connectivity index (χ2v) is 8.16. The molecule has 0 amide bonds.